The quantitative estimate of drug-likeness (QED) is 0.533. The molecular formula is C21H23N5O3. The van der Waals surface area contributed by atoms with Crippen molar-refractivity contribution >= 4 is 29.6 Å². The number of benzene rings is 1. The molecule has 0 unspecified atom stereocenters. The van der Waals surface area contributed by atoms with Gasteiger partial charge in [-0.15, -0.1) is 0 Å². The number of aryl methyl sites for hydroxylation is 1. The van der Waals surface area contributed by atoms with E-state index in [9.17, 15) is 9.90 Å². The molecule has 0 radical (unpaired) electrons. The van der Waals surface area contributed by atoms with Crippen molar-refractivity contribution < 1.29 is 14.3 Å². The van der Waals surface area contributed by atoms with E-state index in [4.69, 9.17) is 10.2 Å². The van der Waals surface area contributed by atoms with E-state index in [-0.39, 0.29) is 23.0 Å². The minimum atomic E-state index is -0.688. The number of hydrogen-bond donors (Lipinski definition) is 3. The molecule has 8 heteroatoms. The van der Waals surface area contributed by atoms with Gasteiger partial charge in [-0.3, -0.25) is 4.79 Å². The molecule has 0 saturated carbocycles. The minimum absolute atomic E-state index is 0.101. The first-order valence-electron chi connectivity index (χ1n) is 8.93. The summed E-state index contributed by atoms with van der Waals surface area (Å²) in [4.78, 5) is 24.0. The number of nitrogens with one attached hydrogen (secondary N) is 1. The second-order valence-electron chi connectivity index (χ2n) is 5.55. The standard InChI is InChI=1S/C19H17N5O3.C2H6/c1-4-13-15(5-2)27-19(24-13)11-7-6-8-14(16(11)25)23-18-12(17(20)26)9-21-10(3)22-18;1-2/h4-9,25H,1-2H2,3H3,(H2,20,26)(H,21,22,23);1-2H3. The van der Waals surface area contributed by atoms with Gasteiger partial charge >= 0.3 is 0 Å². The van der Waals surface area contributed by atoms with Gasteiger partial charge in [-0.2, -0.15) is 0 Å². The van der Waals surface area contributed by atoms with Crippen LogP contribution < -0.4 is 11.1 Å². The number of carbonyl (C=O) groups is 1. The Bertz CT molecular complexity index is 1030. The summed E-state index contributed by atoms with van der Waals surface area (Å²) in [5.74, 6) is 0.462. The predicted octanol–water partition coefficient (Wildman–Crippen LogP) is 4.30. The van der Waals surface area contributed by atoms with Crippen LogP contribution in [0.3, 0.4) is 0 Å². The number of rotatable bonds is 6. The van der Waals surface area contributed by atoms with Crippen molar-refractivity contribution in [1.29, 1.82) is 0 Å². The number of anilines is 2. The molecule has 0 fully saturated rings. The van der Waals surface area contributed by atoms with Gasteiger partial charge in [0.2, 0.25) is 5.89 Å². The maximum atomic E-state index is 11.6. The second kappa shape index (κ2) is 9.32. The van der Waals surface area contributed by atoms with Gasteiger partial charge in [0.1, 0.15) is 22.9 Å². The highest BCUT2D eigenvalue weighted by atomic mass is 16.4. The molecule has 0 bridgehead atoms. The number of amides is 1. The molecule has 2 heterocycles. The summed E-state index contributed by atoms with van der Waals surface area (Å²) in [5, 5.41) is 13.6. The van der Waals surface area contributed by atoms with Crippen molar-refractivity contribution in [2.45, 2.75) is 20.8 Å². The number of oxazole rings is 1. The van der Waals surface area contributed by atoms with E-state index in [0.717, 1.165) is 0 Å². The van der Waals surface area contributed by atoms with Crippen molar-refractivity contribution in [2.24, 2.45) is 5.73 Å². The fourth-order valence-corrected chi connectivity index (χ4v) is 2.44. The van der Waals surface area contributed by atoms with E-state index in [2.05, 4.69) is 33.4 Å². The fourth-order valence-electron chi connectivity index (χ4n) is 2.44. The highest BCUT2D eigenvalue weighted by molar-refractivity contribution is 5.98. The Kier molecular flexibility index (Phi) is 6.86. The molecule has 8 nitrogen and oxygen atoms in total. The highest BCUT2D eigenvalue weighted by Gasteiger charge is 2.18. The third-order valence-electron chi connectivity index (χ3n) is 3.75. The third kappa shape index (κ3) is 4.49. The van der Waals surface area contributed by atoms with E-state index < -0.39 is 5.91 Å². The van der Waals surface area contributed by atoms with Crippen LogP contribution in [0.15, 0.2) is 42.0 Å². The molecule has 0 saturated heterocycles. The van der Waals surface area contributed by atoms with Crippen molar-refractivity contribution in [2.75, 3.05) is 5.32 Å². The van der Waals surface area contributed by atoms with Crippen LogP contribution in [0.4, 0.5) is 11.5 Å². The minimum Gasteiger partial charge on any atom is -0.505 e. The molecule has 0 aliphatic rings. The summed E-state index contributed by atoms with van der Waals surface area (Å²) < 4.78 is 5.62. The van der Waals surface area contributed by atoms with Gasteiger partial charge in [0.15, 0.2) is 11.5 Å². The zero-order valence-electron chi connectivity index (χ0n) is 16.6. The lowest BCUT2D eigenvalue weighted by molar-refractivity contribution is 0.100. The number of primary amides is 1. The molecule has 0 atom stereocenters. The number of nitrogens with zero attached hydrogens (tertiary/aromatic N) is 3. The van der Waals surface area contributed by atoms with Crippen LogP contribution in [-0.2, 0) is 0 Å². The van der Waals surface area contributed by atoms with E-state index >= 15 is 0 Å². The molecule has 0 aliphatic heterocycles. The predicted molar refractivity (Wildman–Crippen MR) is 114 cm³/mol. The summed E-state index contributed by atoms with van der Waals surface area (Å²) in [7, 11) is 0. The number of hydrogen-bond acceptors (Lipinski definition) is 7. The van der Waals surface area contributed by atoms with Crippen molar-refractivity contribution in [1.82, 2.24) is 15.0 Å². The third-order valence-corrected chi connectivity index (χ3v) is 3.75. The topological polar surface area (TPSA) is 127 Å². The Labute approximate surface area is 168 Å². The maximum absolute atomic E-state index is 11.6. The van der Waals surface area contributed by atoms with Gasteiger partial charge in [0.05, 0.1) is 11.3 Å². The van der Waals surface area contributed by atoms with Crippen LogP contribution in [0.25, 0.3) is 23.6 Å². The zero-order chi connectivity index (χ0) is 21.6. The summed E-state index contributed by atoms with van der Waals surface area (Å²) in [6, 6.07) is 4.96. The number of phenolic OH excluding ortho intramolecular Hbond substituents is 1. The molecule has 3 rings (SSSR count). The zero-order valence-corrected chi connectivity index (χ0v) is 16.6. The summed E-state index contributed by atoms with van der Waals surface area (Å²) >= 11 is 0. The normalized spacial score (nSPS) is 9.90. The monoisotopic (exact) mass is 393 g/mol. The van der Waals surface area contributed by atoms with Crippen molar-refractivity contribution in [3.63, 3.8) is 0 Å². The Balaban J connectivity index is 0.00000145. The maximum Gasteiger partial charge on any atom is 0.254 e. The number of phenols is 1. The molecule has 2 aromatic heterocycles. The van der Waals surface area contributed by atoms with E-state index in [1.165, 1.54) is 18.3 Å². The van der Waals surface area contributed by atoms with Gasteiger partial charge in [-0.05, 0) is 31.2 Å². The SMILES string of the molecule is C=Cc1nc(-c2cccc(Nc3nc(C)ncc3C(N)=O)c2O)oc1C=C.CC. The van der Waals surface area contributed by atoms with Crippen LogP contribution in [0.5, 0.6) is 5.75 Å². The van der Waals surface area contributed by atoms with E-state index in [0.29, 0.717) is 28.5 Å². The van der Waals surface area contributed by atoms with Crippen LogP contribution in [-0.4, -0.2) is 26.0 Å². The van der Waals surface area contributed by atoms with Gasteiger partial charge in [0, 0.05) is 6.20 Å². The first kappa shape index (κ1) is 21.4. The van der Waals surface area contributed by atoms with Crippen LogP contribution in [0.1, 0.15) is 41.5 Å². The molecule has 3 aromatic rings. The number of aromatic hydroxyl groups is 1. The van der Waals surface area contributed by atoms with Gasteiger partial charge < -0.3 is 20.6 Å². The molecule has 0 aliphatic carbocycles. The second-order valence-corrected chi connectivity index (χ2v) is 5.55. The Morgan fingerprint density at radius 3 is 2.55 bits per heavy atom. The summed E-state index contributed by atoms with van der Waals surface area (Å²) in [5.41, 5.74) is 6.62. The smallest absolute Gasteiger partial charge is 0.254 e. The van der Waals surface area contributed by atoms with Crippen molar-refractivity contribution in [3.8, 4) is 17.2 Å². The lowest BCUT2D eigenvalue weighted by Crippen LogP contribution is -2.15. The molecule has 29 heavy (non-hydrogen) atoms. The Morgan fingerprint density at radius 1 is 1.24 bits per heavy atom. The van der Waals surface area contributed by atoms with Crippen molar-refractivity contribution in [3.05, 3.63) is 60.4 Å². The lowest BCUT2D eigenvalue weighted by Gasteiger charge is -2.12. The number of para-hydroxylation sites is 1. The van der Waals surface area contributed by atoms with Gasteiger partial charge in [-0.25, -0.2) is 15.0 Å². The Morgan fingerprint density at radius 2 is 1.97 bits per heavy atom. The lowest BCUT2D eigenvalue weighted by atomic mass is 10.1. The Hall–Kier alpha value is -3.94. The molecule has 150 valence electrons. The number of carbonyl (C=O) groups excluding carboxylic acids is 1. The number of nitrogens with two attached hydrogens (primary N) is 1. The van der Waals surface area contributed by atoms with E-state index in [1.54, 1.807) is 25.1 Å². The number of aromatic nitrogens is 3. The first-order valence-corrected chi connectivity index (χ1v) is 8.93. The van der Waals surface area contributed by atoms with Gasteiger partial charge in [0.25, 0.3) is 5.91 Å². The summed E-state index contributed by atoms with van der Waals surface area (Å²) in [6.07, 6.45) is 4.37. The van der Waals surface area contributed by atoms with Crippen LogP contribution in [0.2, 0.25) is 0 Å². The van der Waals surface area contributed by atoms with Crippen LogP contribution in [0, 0.1) is 6.92 Å². The average Bonchev–Trinajstić information content (AvgIpc) is 3.14. The molecule has 4 N–H and O–H groups in total. The summed E-state index contributed by atoms with van der Waals surface area (Å²) in [6.45, 7) is 13.0. The molecule has 1 aromatic carbocycles. The largest absolute Gasteiger partial charge is 0.505 e. The molecule has 1 amide bonds. The molecular weight excluding hydrogens is 370 g/mol. The first-order chi connectivity index (χ1) is 13.9. The average molecular weight is 393 g/mol. The molecule has 0 spiro atoms. The highest BCUT2D eigenvalue weighted by Crippen LogP contribution is 2.37. The van der Waals surface area contributed by atoms with E-state index in [1.807, 2.05) is 13.8 Å². The fraction of sp³-hybridized carbons (Fsp3) is 0.143. The van der Waals surface area contributed by atoms with Gasteiger partial charge in [-0.1, -0.05) is 33.1 Å². The van der Waals surface area contributed by atoms with Crippen LogP contribution >= 0.6 is 0 Å².